The molecule has 0 radical (unpaired) electrons. The fourth-order valence-corrected chi connectivity index (χ4v) is 5.38. The Morgan fingerprint density at radius 1 is 0.926 bits per heavy atom. The van der Waals surface area contributed by atoms with E-state index < -0.39 is 0 Å². The Balaban J connectivity index is 1.75. The Hall–Kier alpha value is -1.28. The zero-order valence-corrected chi connectivity index (χ0v) is 18.4. The first-order chi connectivity index (χ1) is 12.8. The Morgan fingerprint density at radius 3 is 2.30 bits per heavy atom. The number of unbranched alkanes of at least 4 members (excludes halogenated alkanes) is 2. The molecule has 27 heavy (non-hydrogen) atoms. The molecule has 0 N–H and O–H groups in total. The smallest absolute Gasteiger partial charge is 0.0443 e. The lowest BCUT2D eigenvalue weighted by atomic mass is 9.65. The number of para-hydroxylation sites is 1. The molecule has 0 spiro atoms. The van der Waals surface area contributed by atoms with Crippen molar-refractivity contribution in [2.24, 2.45) is 10.8 Å². The minimum atomic E-state index is 0.280. The van der Waals surface area contributed by atoms with Gasteiger partial charge in [0.1, 0.15) is 0 Å². The predicted molar refractivity (Wildman–Crippen MR) is 119 cm³/mol. The maximum atomic E-state index is 2.65. The molecule has 2 nitrogen and oxygen atoms in total. The van der Waals surface area contributed by atoms with Crippen LogP contribution in [-0.2, 0) is 0 Å². The quantitative estimate of drug-likeness (QED) is 0.549. The van der Waals surface area contributed by atoms with E-state index >= 15 is 0 Å². The molecular weight excluding hydrogens is 328 g/mol. The fraction of sp³-hybridized carbons (Fsp3) is 0.680. The number of hydrogen-bond acceptors (Lipinski definition) is 2. The highest BCUT2D eigenvalue weighted by molar-refractivity contribution is 5.78. The molecule has 0 amide bonds. The summed E-state index contributed by atoms with van der Waals surface area (Å²) in [7, 11) is 0. The van der Waals surface area contributed by atoms with Crippen LogP contribution < -0.4 is 4.90 Å². The van der Waals surface area contributed by atoms with Crippen LogP contribution in [0.2, 0.25) is 0 Å². The number of allylic oxidation sites excluding steroid dienone is 2. The number of benzene rings is 1. The maximum Gasteiger partial charge on any atom is 0.0443 e. The van der Waals surface area contributed by atoms with E-state index in [1.165, 1.54) is 63.0 Å². The number of hydrogen-bond donors (Lipinski definition) is 0. The van der Waals surface area contributed by atoms with Gasteiger partial charge in [-0.1, -0.05) is 71.7 Å². The molecule has 150 valence electrons. The highest BCUT2D eigenvalue weighted by Crippen LogP contribution is 2.48. The van der Waals surface area contributed by atoms with Crippen molar-refractivity contribution >= 4 is 11.3 Å². The van der Waals surface area contributed by atoms with E-state index in [2.05, 4.69) is 74.8 Å². The summed E-state index contributed by atoms with van der Waals surface area (Å²) in [5.74, 6) is 0. The molecule has 3 rings (SSSR count). The standard InChI is InChI=1S/C25H40N2/c1-6-7-10-13-26-14-16-27(17-15-26)23-12-9-8-11-22(23)21-18-24(2,3)20-25(4,5)19-21/h8-9,11-12,18H,6-7,10,13-17,19-20H2,1-5H3. The van der Waals surface area contributed by atoms with E-state index in [9.17, 15) is 0 Å². The molecule has 1 aliphatic carbocycles. The van der Waals surface area contributed by atoms with Crippen LogP contribution in [0.25, 0.3) is 5.57 Å². The maximum absolute atomic E-state index is 2.65. The number of nitrogens with zero attached hydrogens (tertiary/aromatic N) is 2. The van der Waals surface area contributed by atoms with Crippen molar-refractivity contribution in [2.45, 2.75) is 66.7 Å². The van der Waals surface area contributed by atoms with Gasteiger partial charge in [0.05, 0.1) is 0 Å². The normalized spacial score (nSPS) is 22.6. The van der Waals surface area contributed by atoms with Crippen LogP contribution in [0, 0.1) is 10.8 Å². The summed E-state index contributed by atoms with van der Waals surface area (Å²) in [6.07, 6.45) is 9.03. The van der Waals surface area contributed by atoms with Crippen molar-refractivity contribution in [1.82, 2.24) is 4.90 Å². The van der Waals surface area contributed by atoms with Crippen LogP contribution in [0.4, 0.5) is 5.69 Å². The third-order valence-electron chi connectivity index (χ3n) is 6.21. The fourth-order valence-electron chi connectivity index (χ4n) is 5.38. The van der Waals surface area contributed by atoms with Gasteiger partial charge in [0.2, 0.25) is 0 Å². The van der Waals surface area contributed by atoms with Gasteiger partial charge >= 0.3 is 0 Å². The zero-order valence-electron chi connectivity index (χ0n) is 18.4. The third-order valence-corrected chi connectivity index (χ3v) is 6.21. The highest BCUT2D eigenvalue weighted by atomic mass is 15.3. The van der Waals surface area contributed by atoms with Crippen LogP contribution in [0.15, 0.2) is 30.3 Å². The minimum Gasteiger partial charge on any atom is -0.368 e. The van der Waals surface area contributed by atoms with Crippen LogP contribution in [0.1, 0.15) is 72.3 Å². The monoisotopic (exact) mass is 368 g/mol. The highest BCUT2D eigenvalue weighted by Gasteiger charge is 2.34. The van der Waals surface area contributed by atoms with Gasteiger partial charge < -0.3 is 4.90 Å². The van der Waals surface area contributed by atoms with E-state index in [4.69, 9.17) is 0 Å². The second-order valence-electron chi connectivity index (χ2n) is 10.2. The van der Waals surface area contributed by atoms with Crippen LogP contribution in [0.5, 0.6) is 0 Å². The van der Waals surface area contributed by atoms with Gasteiger partial charge in [0.15, 0.2) is 0 Å². The summed E-state index contributed by atoms with van der Waals surface area (Å²) < 4.78 is 0. The van der Waals surface area contributed by atoms with E-state index in [0.29, 0.717) is 5.41 Å². The van der Waals surface area contributed by atoms with Gasteiger partial charge in [-0.3, -0.25) is 4.90 Å². The van der Waals surface area contributed by atoms with Crippen LogP contribution >= 0.6 is 0 Å². The lowest BCUT2D eigenvalue weighted by molar-refractivity contribution is 0.228. The Kier molecular flexibility index (Phi) is 6.35. The minimum absolute atomic E-state index is 0.280. The molecule has 0 aromatic heterocycles. The number of anilines is 1. The Labute approximate surface area is 167 Å². The van der Waals surface area contributed by atoms with Crippen molar-refractivity contribution in [3.8, 4) is 0 Å². The van der Waals surface area contributed by atoms with E-state index in [1.807, 2.05) is 0 Å². The molecule has 0 bridgehead atoms. The average Bonchev–Trinajstić information content (AvgIpc) is 2.60. The summed E-state index contributed by atoms with van der Waals surface area (Å²) in [4.78, 5) is 5.28. The molecule has 1 saturated heterocycles. The molecule has 0 saturated carbocycles. The largest absolute Gasteiger partial charge is 0.368 e. The first-order valence-corrected chi connectivity index (χ1v) is 11.1. The van der Waals surface area contributed by atoms with Gasteiger partial charge in [-0.2, -0.15) is 0 Å². The summed E-state index contributed by atoms with van der Waals surface area (Å²) in [5.41, 5.74) is 5.13. The molecule has 1 heterocycles. The molecule has 1 aromatic carbocycles. The van der Waals surface area contributed by atoms with Crippen molar-refractivity contribution in [3.63, 3.8) is 0 Å². The SMILES string of the molecule is CCCCCN1CCN(c2ccccc2C2=CC(C)(C)CC(C)(C)C2)CC1. The van der Waals surface area contributed by atoms with Crippen molar-refractivity contribution < 1.29 is 0 Å². The summed E-state index contributed by atoms with van der Waals surface area (Å²) in [6, 6.07) is 9.13. The van der Waals surface area contributed by atoms with Crippen molar-refractivity contribution in [2.75, 3.05) is 37.6 Å². The second-order valence-corrected chi connectivity index (χ2v) is 10.2. The predicted octanol–water partition coefficient (Wildman–Crippen LogP) is 6.23. The summed E-state index contributed by atoms with van der Waals surface area (Å²) in [5, 5.41) is 0. The average molecular weight is 369 g/mol. The molecule has 1 aliphatic heterocycles. The first kappa shape index (κ1) is 20.5. The molecule has 0 unspecified atom stereocenters. The molecule has 2 aliphatic rings. The summed E-state index contributed by atoms with van der Waals surface area (Å²) >= 11 is 0. The van der Waals surface area contributed by atoms with Gasteiger partial charge in [0.25, 0.3) is 0 Å². The third kappa shape index (κ3) is 5.38. The van der Waals surface area contributed by atoms with Crippen LogP contribution in [-0.4, -0.2) is 37.6 Å². The van der Waals surface area contributed by atoms with Gasteiger partial charge in [-0.25, -0.2) is 0 Å². The lowest BCUT2D eigenvalue weighted by Crippen LogP contribution is -2.47. The molecular formula is C25H40N2. The molecule has 0 atom stereocenters. The lowest BCUT2D eigenvalue weighted by Gasteiger charge is -2.41. The molecule has 2 heteroatoms. The Bertz CT molecular complexity index is 648. The van der Waals surface area contributed by atoms with Gasteiger partial charge in [-0.15, -0.1) is 0 Å². The van der Waals surface area contributed by atoms with Gasteiger partial charge in [0, 0.05) is 37.4 Å². The van der Waals surface area contributed by atoms with Crippen molar-refractivity contribution in [1.29, 1.82) is 0 Å². The van der Waals surface area contributed by atoms with E-state index in [1.54, 1.807) is 5.57 Å². The topological polar surface area (TPSA) is 6.48 Å². The zero-order chi connectivity index (χ0) is 19.5. The Morgan fingerprint density at radius 2 is 1.63 bits per heavy atom. The molecule has 1 fully saturated rings. The molecule has 1 aromatic rings. The van der Waals surface area contributed by atoms with Crippen LogP contribution in [0.3, 0.4) is 0 Å². The first-order valence-electron chi connectivity index (χ1n) is 11.1. The summed E-state index contributed by atoms with van der Waals surface area (Å²) in [6.45, 7) is 17.9. The van der Waals surface area contributed by atoms with Gasteiger partial charge in [-0.05, 0) is 48.3 Å². The van der Waals surface area contributed by atoms with Crippen molar-refractivity contribution in [3.05, 3.63) is 35.9 Å². The number of piperazine rings is 1. The number of rotatable bonds is 6. The second kappa shape index (κ2) is 8.39. The van der Waals surface area contributed by atoms with E-state index in [0.717, 1.165) is 13.1 Å². The van der Waals surface area contributed by atoms with E-state index in [-0.39, 0.29) is 5.41 Å².